The van der Waals surface area contributed by atoms with E-state index in [2.05, 4.69) is 142 Å². The third kappa shape index (κ3) is 58.6. The van der Waals surface area contributed by atoms with E-state index in [9.17, 15) is 14.4 Å². The second-order valence-corrected chi connectivity index (χ2v) is 19.5. The molecule has 0 aliphatic heterocycles. The molecule has 0 heterocycles. The maximum atomic E-state index is 12.9. The number of rotatable bonds is 53. The Labute approximate surface area is 450 Å². The fourth-order valence-corrected chi connectivity index (χ4v) is 7.97. The first-order valence-corrected chi connectivity index (χ1v) is 30.0. The van der Waals surface area contributed by atoms with Crippen LogP contribution >= 0.6 is 0 Å². The summed E-state index contributed by atoms with van der Waals surface area (Å²) in [7, 11) is 0. The van der Waals surface area contributed by atoms with E-state index < -0.39 is 6.10 Å². The van der Waals surface area contributed by atoms with E-state index in [0.29, 0.717) is 19.3 Å². The largest absolute Gasteiger partial charge is 0.462 e. The lowest BCUT2D eigenvalue weighted by Crippen LogP contribution is -2.30. The highest BCUT2D eigenvalue weighted by atomic mass is 16.6. The molecule has 6 nitrogen and oxygen atoms in total. The van der Waals surface area contributed by atoms with Crippen molar-refractivity contribution in [3.63, 3.8) is 0 Å². The smallest absolute Gasteiger partial charge is 0.306 e. The normalized spacial score (nSPS) is 13.0. The van der Waals surface area contributed by atoms with Crippen LogP contribution in [-0.2, 0) is 28.6 Å². The van der Waals surface area contributed by atoms with Crippen LogP contribution in [0.2, 0.25) is 0 Å². The van der Waals surface area contributed by atoms with Crippen LogP contribution in [0.4, 0.5) is 0 Å². The fourth-order valence-electron chi connectivity index (χ4n) is 7.97. The minimum absolute atomic E-state index is 0.0917. The Balaban J connectivity index is 4.37. The SMILES string of the molecule is CC/C=C\C/C=C\C/C=C\C/C=C\C/C=C\CCCCCCCCCC(=O)OCC(COC(=O)CCCCCCC/C=C\CCCC)OC(=O)CCCCCCCCCC/C=C\C/C=C\C/C=C\C/C=C\CC. The van der Waals surface area contributed by atoms with Crippen LogP contribution in [0.25, 0.3) is 0 Å². The molecule has 414 valence electrons. The molecule has 0 fully saturated rings. The molecule has 0 saturated carbocycles. The number of allylic oxidation sites excluding steroid dienone is 20. The van der Waals surface area contributed by atoms with Crippen LogP contribution in [0, 0.1) is 0 Å². The Morgan fingerprint density at radius 1 is 0.288 bits per heavy atom. The minimum Gasteiger partial charge on any atom is -0.462 e. The molecule has 0 N–H and O–H groups in total. The molecule has 0 aromatic rings. The lowest BCUT2D eigenvalue weighted by atomic mass is 10.1. The average Bonchev–Trinajstić information content (AvgIpc) is 3.39. The Hall–Kier alpha value is -4.19. The van der Waals surface area contributed by atoms with E-state index in [1.54, 1.807) is 0 Å². The number of ether oxygens (including phenoxy) is 3. The lowest BCUT2D eigenvalue weighted by molar-refractivity contribution is -0.167. The van der Waals surface area contributed by atoms with Crippen LogP contribution in [0.15, 0.2) is 122 Å². The summed E-state index contributed by atoms with van der Waals surface area (Å²) in [6.45, 7) is 6.36. The molecule has 0 aliphatic rings. The van der Waals surface area contributed by atoms with Crippen molar-refractivity contribution in [2.24, 2.45) is 0 Å². The van der Waals surface area contributed by atoms with E-state index in [1.807, 2.05) is 0 Å². The summed E-state index contributed by atoms with van der Waals surface area (Å²) in [4.78, 5) is 38.2. The zero-order chi connectivity index (χ0) is 52.9. The molecule has 0 amide bonds. The molecule has 0 rings (SSSR count). The molecular formula is C67H110O6. The second-order valence-electron chi connectivity index (χ2n) is 19.5. The molecule has 1 unspecified atom stereocenters. The van der Waals surface area contributed by atoms with Gasteiger partial charge in [-0.15, -0.1) is 0 Å². The molecule has 6 heteroatoms. The number of carbonyl (C=O) groups is 3. The Bertz CT molecular complexity index is 1540. The number of hydrogen-bond acceptors (Lipinski definition) is 6. The lowest BCUT2D eigenvalue weighted by Gasteiger charge is -2.18. The van der Waals surface area contributed by atoms with Crippen LogP contribution in [-0.4, -0.2) is 37.2 Å². The number of carbonyl (C=O) groups excluding carboxylic acids is 3. The van der Waals surface area contributed by atoms with Crippen molar-refractivity contribution in [3.8, 4) is 0 Å². The van der Waals surface area contributed by atoms with Gasteiger partial charge in [0.1, 0.15) is 13.2 Å². The van der Waals surface area contributed by atoms with Gasteiger partial charge in [-0.1, -0.05) is 245 Å². The average molecular weight is 1010 g/mol. The number of unbranched alkanes of at least 4 members (excludes halogenated alkanes) is 22. The van der Waals surface area contributed by atoms with Gasteiger partial charge in [0.2, 0.25) is 0 Å². The Morgan fingerprint density at radius 3 is 0.849 bits per heavy atom. The van der Waals surface area contributed by atoms with Crippen LogP contribution < -0.4 is 0 Å². The predicted molar refractivity (Wildman–Crippen MR) is 316 cm³/mol. The van der Waals surface area contributed by atoms with Crippen LogP contribution in [0.1, 0.15) is 265 Å². The molecule has 0 aromatic heterocycles. The van der Waals surface area contributed by atoms with Crippen molar-refractivity contribution in [2.75, 3.05) is 13.2 Å². The summed E-state index contributed by atoms with van der Waals surface area (Å²) in [5.74, 6) is -0.920. The van der Waals surface area contributed by atoms with Gasteiger partial charge in [-0.05, 0) is 122 Å². The highest BCUT2D eigenvalue weighted by molar-refractivity contribution is 5.71. The van der Waals surface area contributed by atoms with Gasteiger partial charge in [-0.25, -0.2) is 0 Å². The van der Waals surface area contributed by atoms with Crippen molar-refractivity contribution in [1.82, 2.24) is 0 Å². The maximum Gasteiger partial charge on any atom is 0.306 e. The summed E-state index contributed by atoms with van der Waals surface area (Å²) in [5, 5.41) is 0. The number of esters is 3. The molecule has 0 radical (unpaired) electrons. The first-order chi connectivity index (χ1) is 36.0. The first-order valence-electron chi connectivity index (χ1n) is 30.0. The summed E-state index contributed by atoms with van der Waals surface area (Å²) >= 11 is 0. The van der Waals surface area contributed by atoms with Crippen LogP contribution in [0.5, 0.6) is 0 Å². The second kappa shape index (κ2) is 60.4. The highest BCUT2D eigenvalue weighted by Gasteiger charge is 2.19. The van der Waals surface area contributed by atoms with Gasteiger partial charge in [0, 0.05) is 19.3 Å². The topological polar surface area (TPSA) is 78.9 Å². The number of hydrogen-bond donors (Lipinski definition) is 0. The summed E-state index contributed by atoms with van der Waals surface area (Å²) < 4.78 is 16.9. The zero-order valence-electron chi connectivity index (χ0n) is 47.4. The third-order valence-corrected chi connectivity index (χ3v) is 12.4. The Kier molecular flexibility index (Phi) is 56.9. The van der Waals surface area contributed by atoms with Gasteiger partial charge in [0.15, 0.2) is 6.10 Å². The van der Waals surface area contributed by atoms with E-state index in [-0.39, 0.29) is 31.1 Å². The van der Waals surface area contributed by atoms with Gasteiger partial charge in [-0.2, -0.15) is 0 Å². The fraction of sp³-hybridized carbons (Fsp3) is 0.657. The van der Waals surface area contributed by atoms with Gasteiger partial charge in [-0.3, -0.25) is 14.4 Å². The maximum absolute atomic E-state index is 12.9. The molecule has 73 heavy (non-hydrogen) atoms. The van der Waals surface area contributed by atoms with E-state index >= 15 is 0 Å². The van der Waals surface area contributed by atoms with E-state index in [0.717, 1.165) is 141 Å². The van der Waals surface area contributed by atoms with Gasteiger partial charge >= 0.3 is 17.9 Å². The van der Waals surface area contributed by atoms with Crippen molar-refractivity contribution < 1.29 is 28.6 Å². The molecular weight excluding hydrogens is 901 g/mol. The summed E-state index contributed by atoms with van der Waals surface area (Å²) in [5.41, 5.74) is 0. The van der Waals surface area contributed by atoms with E-state index in [4.69, 9.17) is 14.2 Å². The summed E-state index contributed by atoms with van der Waals surface area (Å²) in [6, 6.07) is 0. The van der Waals surface area contributed by atoms with Crippen molar-refractivity contribution >= 4 is 17.9 Å². The van der Waals surface area contributed by atoms with Crippen molar-refractivity contribution in [1.29, 1.82) is 0 Å². The standard InChI is InChI=1S/C67H110O6/c1-4-7-10-13-16-19-22-24-26-28-30-32-33-35-36-38-40-42-45-48-51-54-57-60-66(69)72-63-64(62-71-65(68)59-56-53-50-47-44-21-18-15-12-9-6-3)73-67(70)61-58-55-52-49-46-43-41-39-37-34-31-29-27-25-23-20-17-14-11-8-5-2/h7-8,10-11,15-20,24-27,30-32,34-36,64H,4-6,9,12-14,21-23,28-29,33,37-63H2,1-3H3/b10-7-,11-8-,18-15-,19-16-,20-17-,26-24-,27-25-,32-30-,34-31-,36-35-. The molecule has 0 spiro atoms. The monoisotopic (exact) mass is 1010 g/mol. The van der Waals surface area contributed by atoms with Crippen LogP contribution in [0.3, 0.4) is 0 Å². The molecule has 1 atom stereocenters. The zero-order valence-corrected chi connectivity index (χ0v) is 47.4. The predicted octanol–water partition coefficient (Wildman–Crippen LogP) is 20.4. The Morgan fingerprint density at radius 2 is 0.534 bits per heavy atom. The first kappa shape index (κ1) is 68.8. The molecule has 0 bridgehead atoms. The molecule has 0 aromatic carbocycles. The molecule has 0 aliphatic carbocycles. The minimum atomic E-state index is -0.794. The van der Waals surface area contributed by atoms with Gasteiger partial charge in [0.05, 0.1) is 0 Å². The van der Waals surface area contributed by atoms with Crippen molar-refractivity contribution in [2.45, 2.75) is 271 Å². The van der Waals surface area contributed by atoms with Gasteiger partial charge in [0.25, 0.3) is 0 Å². The summed E-state index contributed by atoms with van der Waals surface area (Å²) in [6.07, 6.45) is 83.3. The molecule has 0 saturated heterocycles. The third-order valence-electron chi connectivity index (χ3n) is 12.4. The van der Waals surface area contributed by atoms with E-state index in [1.165, 1.54) is 83.5 Å². The van der Waals surface area contributed by atoms with Crippen molar-refractivity contribution in [3.05, 3.63) is 122 Å². The quantitative estimate of drug-likeness (QED) is 0.0261. The highest BCUT2D eigenvalue weighted by Crippen LogP contribution is 2.15. The van der Waals surface area contributed by atoms with Gasteiger partial charge < -0.3 is 14.2 Å².